The van der Waals surface area contributed by atoms with Crippen LogP contribution in [0.3, 0.4) is 0 Å². The summed E-state index contributed by atoms with van der Waals surface area (Å²) < 4.78 is 30.3. The van der Waals surface area contributed by atoms with Gasteiger partial charge in [0.15, 0.2) is 0 Å². The van der Waals surface area contributed by atoms with Crippen LogP contribution in [0, 0.1) is 0 Å². The molecule has 0 aliphatic heterocycles. The summed E-state index contributed by atoms with van der Waals surface area (Å²) in [6, 6.07) is 3.24. The van der Waals surface area contributed by atoms with Crippen LogP contribution in [0.2, 0.25) is 0 Å². The van der Waals surface area contributed by atoms with Gasteiger partial charge in [-0.3, -0.25) is 0 Å². The number of hydrogen-bond acceptors (Lipinski definition) is 2. The van der Waals surface area contributed by atoms with Crippen molar-refractivity contribution in [2.24, 2.45) is 0 Å². The molecule has 3 nitrogen and oxygen atoms in total. The molecule has 0 bridgehead atoms. The first-order valence-electron chi connectivity index (χ1n) is 4.09. The number of rotatable bonds is 3. The highest BCUT2D eigenvalue weighted by atomic mass is 19.3. The molecule has 74 valence electrons. The predicted octanol–water partition coefficient (Wildman–Crippen LogP) is 1.98. The van der Waals surface area contributed by atoms with Crippen LogP contribution in [0.15, 0.2) is 30.7 Å². The summed E-state index contributed by atoms with van der Waals surface area (Å²) in [4.78, 5) is 4.00. The Kier molecular flexibility index (Phi) is 2.30. The molecule has 2 heterocycles. The molecule has 0 aliphatic rings. The van der Waals surface area contributed by atoms with E-state index in [1.807, 2.05) is 0 Å². The molecule has 0 fully saturated rings. The second-order valence-electron chi connectivity index (χ2n) is 2.76. The Morgan fingerprint density at radius 3 is 3.07 bits per heavy atom. The van der Waals surface area contributed by atoms with E-state index < -0.39 is 13.0 Å². The van der Waals surface area contributed by atoms with Gasteiger partial charge in [0.25, 0.3) is 6.43 Å². The van der Waals surface area contributed by atoms with Gasteiger partial charge in [0, 0.05) is 24.7 Å². The Hall–Kier alpha value is -1.65. The van der Waals surface area contributed by atoms with Crippen LogP contribution < -0.4 is 4.74 Å². The highest BCUT2D eigenvalue weighted by molar-refractivity contribution is 5.43. The topological polar surface area (TPSA) is 26.5 Å². The van der Waals surface area contributed by atoms with Crippen molar-refractivity contribution in [3.63, 3.8) is 0 Å². The number of hydrogen-bond donors (Lipinski definition) is 0. The van der Waals surface area contributed by atoms with Gasteiger partial charge in [-0.25, -0.2) is 13.8 Å². The lowest BCUT2D eigenvalue weighted by Crippen LogP contribution is -2.06. The molecule has 0 saturated heterocycles. The van der Waals surface area contributed by atoms with Gasteiger partial charge in [-0.2, -0.15) is 0 Å². The van der Waals surface area contributed by atoms with Gasteiger partial charge >= 0.3 is 0 Å². The van der Waals surface area contributed by atoms with E-state index >= 15 is 0 Å². The average Bonchev–Trinajstić information content (AvgIpc) is 2.61. The van der Waals surface area contributed by atoms with Crippen molar-refractivity contribution in [1.29, 1.82) is 0 Å². The molecule has 0 unspecified atom stereocenters. The maximum atomic E-state index is 11.8. The van der Waals surface area contributed by atoms with Crippen LogP contribution in [0.25, 0.3) is 5.65 Å². The normalized spacial score (nSPS) is 11.1. The maximum Gasteiger partial charge on any atom is 0.272 e. The summed E-state index contributed by atoms with van der Waals surface area (Å²) in [7, 11) is 0. The van der Waals surface area contributed by atoms with Crippen molar-refractivity contribution in [3.05, 3.63) is 30.7 Å². The minimum atomic E-state index is -2.45. The largest absolute Gasteiger partial charge is 0.487 e. The maximum absolute atomic E-state index is 11.8. The fourth-order valence-corrected chi connectivity index (χ4v) is 1.14. The molecule has 0 N–H and O–H groups in total. The molecule has 0 atom stereocenters. The molecule has 0 saturated carbocycles. The Bertz CT molecular complexity index is 427. The molecular weight excluding hydrogens is 190 g/mol. The number of nitrogens with zero attached hydrogens (tertiary/aromatic N) is 2. The van der Waals surface area contributed by atoms with Crippen LogP contribution in [-0.4, -0.2) is 22.4 Å². The molecule has 2 aromatic heterocycles. The van der Waals surface area contributed by atoms with E-state index in [0.717, 1.165) is 0 Å². The number of alkyl halides is 2. The second kappa shape index (κ2) is 3.61. The summed E-state index contributed by atoms with van der Waals surface area (Å²) in [5, 5.41) is 0. The second-order valence-corrected chi connectivity index (χ2v) is 2.76. The van der Waals surface area contributed by atoms with Gasteiger partial charge in [-0.15, -0.1) is 0 Å². The smallest absolute Gasteiger partial charge is 0.272 e. The lowest BCUT2D eigenvalue weighted by Gasteiger charge is -2.04. The lowest BCUT2D eigenvalue weighted by atomic mass is 10.4. The van der Waals surface area contributed by atoms with E-state index in [1.165, 1.54) is 0 Å². The summed E-state index contributed by atoms with van der Waals surface area (Å²) in [6.07, 6.45) is 2.66. The van der Waals surface area contributed by atoms with E-state index in [1.54, 1.807) is 35.1 Å². The molecule has 0 spiro atoms. The summed E-state index contributed by atoms with van der Waals surface area (Å²) >= 11 is 0. The number of pyridine rings is 1. The van der Waals surface area contributed by atoms with Gasteiger partial charge < -0.3 is 9.14 Å². The van der Waals surface area contributed by atoms with Crippen LogP contribution in [0.1, 0.15) is 0 Å². The Morgan fingerprint density at radius 1 is 1.43 bits per heavy atom. The van der Waals surface area contributed by atoms with E-state index in [0.29, 0.717) is 11.4 Å². The van der Waals surface area contributed by atoms with Gasteiger partial charge in [0.05, 0.1) is 0 Å². The van der Waals surface area contributed by atoms with Crippen molar-refractivity contribution >= 4 is 5.65 Å². The average molecular weight is 198 g/mol. The number of ether oxygens (including phenoxy) is 1. The Labute approximate surface area is 78.9 Å². The number of halogens is 2. The van der Waals surface area contributed by atoms with E-state index in [4.69, 9.17) is 4.74 Å². The van der Waals surface area contributed by atoms with Crippen molar-refractivity contribution in [2.45, 2.75) is 6.43 Å². The first-order valence-corrected chi connectivity index (χ1v) is 4.09. The zero-order valence-corrected chi connectivity index (χ0v) is 7.23. The van der Waals surface area contributed by atoms with E-state index in [9.17, 15) is 8.78 Å². The third-order valence-corrected chi connectivity index (χ3v) is 1.75. The lowest BCUT2D eigenvalue weighted by molar-refractivity contribution is 0.0819. The molecule has 14 heavy (non-hydrogen) atoms. The number of fused-ring (bicyclic) bond motifs is 1. The number of aromatic nitrogens is 2. The van der Waals surface area contributed by atoms with Crippen LogP contribution in [0.4, 0.5) is 8.78 Å². The Balaban J connectivity index is 2.17. The SMILES string of the molecule is FC(F)COc1ccn2ccnc2c1. The van der Waals surface area contributed by atoms with Gasteiger partial charge in [0.1, 0.15) is 18.0 Å². The van der Waals surface area contributed by atoms with Crippen LogP contribution >= 0.6 is 0 Å². The van der Waals surface area contributed by atoms with Crippen molar-refractivity contribution in [2.75, 3.05) is 6.61 Å². The quantitative estimate of drug-likeness (QED) is 0.753. The van der Waals surface area contributed by atoms with E-state index in [-0.39, 0.29) is 0 Å². The molecular formula is C9H8F2N2O. The fraction of sp³-hybridized carbons (Fsp3) is 0.222. The molecule has 0 aliphatic carbocycles. The van der Waals surface area contributed by atoms with Gasteiger partial charge in [-0.05, 0) is 6.07 Å². The van der Waals surface area contributed by atoms with Gasteiger partial charge in [-0.1, -0.05) is 0 Å². The molecule has 0 aromatic carbocycles. The number of imidazole rings is 1. The molecule has 2 aromatic rings. The third-order valence-electron chi connectivity index (χ3n) is 1.75. The standard InChI is InChI=1S/C9H8F2N2O/c10-8(11)6-14-7-1-3-13-4-2-12-9(13)5-7/h1-5,8H,6H2. The Morgan fingerprint density at radius 2 is 2.29 bits per heavy atom. The van der Waals surface area contributed by atoms with Crippen molar-refractivity contribution < 1.29 is 13.5 Å². The predicted molar refractivity (Wildman–Crippen MR) is 46.7 cm³/mol. The van der Waals surface area contributed by atoms with Crippen molar-refractivity contribution in [1.82, 2.24) is 9.38 Å². The zero-order valence-electron chi connectivity index (χ0n) is 7.23. The van der Waals surface area contributed by atoms with Crippen molar-refractivity contribution in [3.8, 4) is 5.75 Å². The molecule has 5 heteroatoms. The van der Waals surface area contributed by atoms with Crippen LogP contribution in [-0.2, 0) is 0 Å². The highest BCUT2D eigenvalue weighted by Crippen LogP contribution is 2.13. The first kappa shape index (κ1) is 8.93. The molecule has 2 rings (SSSR count). The minimum Gasteiger partial charge on any atom is -0.487 e. The highest BCUT2D eigenvalue weighted by Gasteiger charge is 2.04. The third kappa shape index (κ3) is 1.81. The summed E-state index contributed by atoms with van der Waals surface area (Å²) in [6.45, 7) is -0.586. The van der Waals surface area contributed by atoms with Crippen LogP contribution in [0.5, 0.6) is 5.75 Å². The monoisotopic (exact) mass is 198 g/mol. The van der Waals surface area contributed by atoms with E-state index in [2.05, 4.69) is 4.98 Å². The minimum absolute atomic E-state index is 0.406. The van der Waals surface area contributed by atoms with Gasteiger partial charge in [0.2, 0.25) is 0 Å². The fourth-order valence-electron chi connectivity index (χ4n) is 1.14. The summed E-state index contributed by atoms with van der Waals surface area (Å²) in [5.74, 6) is 0.406. The summed E-state index contributed by atoms with van der Waals surface area (Å²) in [5.41, 5.74) is 0.678. The first-order chi connectivity index (χ1) is 6.75. The molecule has 0 radical (unpaired) electrons. The molecule has 0 amide bonds. The zero-order chi connectivity index (χ0) is 9.97.